The third kappa shape index (κ3) is 7.80. The maximum absolute atomic E-state index is 12.8. The highest BCUT2D eigenvalue weighted by atomic mass is 32.3. The topological polar surface area (TPSA) is 101 Å². The molecule has 0 aliphatic carbocycles. The lowest BCUT2D eigenvalue weighted by atomic mass is 9.89. The lowest BCUT2D eigenvalue weighted by molar-refractivity contribution is -0.137. The largest absolute Gasteiger partial charge is 0.416 e. The van der Waals surface area contributed by atoms with Crippen LogP contribution in [0.15, 0.2) is 72.8 Å². The summed E-state index contributed by atoms with van der Waals surface area (Å²) in [6.07, 6.45) is -0.925. The van der Waals surface area contributed by atoms with Crippen molar-refractivity contribution in [3.63, 3.8) is 0 Å². The number of alkyl halides is 3. The average molecular weight is 453 g/mol. The molecular weight excluding hydrogens is 431 g/mol. The molecule has 0 saturated carbocycles. The van der Waals surface area contributed by atoms with Gasteiger partial charge in [0, 0.05) is 12.0 Å². The van der Waals surface area contributed by atoms with E-state index < -0.39 is 22.1 Å². The lowest BCUT2D eigenvalue weighted by Crippen LogP contribution is -2.24. The average Bonchev–Trinajstić information content (AvgIpc) is 2.69. The Bertz CT molecular complexity index is 1150. The minimum atomic E-state index is -4.67. The summed E-state index contributed by atoms with van der Waals surface area (Å²) in [6, 6.07) is 19.1. The van der Waals surface area contributed by atoms with Crippen LogP contribution in [0, 0.1) is 0 Å². The number of halogens is 3. The molecule has 166 valence electrons. The molecule has 9 heteroatoms. The van der Waals surface area contributed by atoms with Crippen molar-refractivity contribution in [3.05, 3.63) is 89.5 Å². The molecule has 3 aromatic rings. The fourth-order valence-corrected chi connectivity index (χ4v) is 3.06. The van der Waals surface area contributed by atoms with Gasteiger partial charge in [-0.25, -0.2) is 0 Å². The monoisotopic (exact) mass is 453 g/mol. The highest BCUT2D eigenvalue weighted by Crippen LogP contribution is 2.30. The van der Waals surface area contributed by atoms with Gasteiger partial charge in [-0.05, 0) is 34.0 Å². The van der Waals surface area contributed by atoms with Crippen molar-refractivity contribution >= 4 is 27.2 Å². The van der Waals surface area contributed by atoms with Gasteiger partial charge in [-0.2, -0.15) is 21.6 Å². The Balaban J connectivity index is 0.000000614. The molecule has 2 atom stereocenters. The molecule has 3 aromatic carbocycles. The van der Waals surface area contributed by atoms with Crippen LogP contribution in [0.2, 0.25) is 0 Å². The Morgan fingerprint density at radius 1 is 0.968 bits per heavy atom. The molecule has 0 spiro atoms. The maximum Gasteiger partial charge on any atom is 0.416 e. The minimum absolute atomic E-state index is 0.0307. The molecular formula is C22H22F3NO4S. The fourth-order valence-electron chi connectivity index (χ4n) is 3.06. The molecule has 3 rings (SSSR count). The Morgan fingerprint density at radius 3 is 2.19 bits per heavy atom. The van der Waals surface area contributed by atoms with Crippen LogP contribution >= 0.6 is 0 Å². The van der Waals surface area contributed by atoms with Crippen LogP contribution in [0.1, 0.15) is 29.5 Å². The van der Waals surface area contributed by atoms with Crippen LogP contribution in [0.25, 0.3) is 16.8 Å². The summed E-state index contributed by atoms with van der Waals surface area (Å²) < 4.78 is 70.0. The van der Waals surface area contributed by atoms with Crippen LogP contribution in [-0.4, -0.2) is 23.6 Å². The van der Waals surface area contributed by atoms with Gasteiger partial charge in [-0.1, -0.05) is 73.7 Å². The van der Waals surface area contributed by atoms with E-state index in [4.69, 9.17) is 23.3 Å². The predicted molar refractivity (Wildman–Crippen MR) is 115 cm³/mol. The van der Waals surface area contributed by atoms with Gasteiger partial charge in [-0.3, -0.25) is 9.11 Å². The van der Waals surface area contributed by atoms with Gasteiger partial charge < -0.3 is 5.73 Å². The Kier molecular flexibility index (Phi) is 7.96. The first-order chi connectivity index (χ1) is 14.4. The van der Waals surface area contributed by atoms with Gasteiger partial charge in [0.25, 0.3) is 0 Å². The molecule has 0 aromatic heterocycles. The van der Waals surface area contributed by atoms with Gasteiger partial charge in [0.2, 0.25) is 0 Å². The van der Waals surface area contributed by atoms with Gasteiger partial charge in [0.05, 0.1) is 5.56 Å². The summed E-state index contributed by atoms with van der Waals surface area (Å²) in [6.45, 7) is 2.03. The maximum atomic E-state index is 12.8. The summed E-state index contributed by atoms with van der Waals surface area (Å²) in [5.41, 5.74) is 7.26. The van der Waals surface area contributed by atoms with Crippen LogP contribution in [0.4, 0.5) is 13.2 Å². The zero-order chi connectivity index (χ0) is 23.2. The second-order valence-corrected chi connectivity index (χ2v) is 7.76. The zero-order valence-corrected chi connectivity index (χ0v) is 17.3. The van der Waals surface area contributed by atoms with Crippen molar-refractivity contribution in [1.82, 2.24) is 0 Å². The molecule has 0 saturated heterocycles. The highest BCUT2D eigenvalue weighted by molar-refractivity contribution is 7.79. The number of benzene rings is 3. The van der Waals surface area contributed by atoms with Gasteiger partial charge in [0.15, 0.2) is 0 Å². The predicted octanol–water partition coefficient (Wildman–Crippen LogP) is 5.35. The molecule has 0 aliphatic heterocycles. The summed E-state index contributed by atoms with van der Waals surface area (Å²) in [4.78, 5) is 0. The first-order valence-corrected chi connectivity index (χ1v) is 10.5. The molecule has 4 N–H and O–H groups in total. The van der Waals surface area contributed by atoms with E-state index >= 15 is 0 Å². The highest BCUT2D eigenvalue weighted by Gasteiger charge is 2.30. The third-order valence-electron chi connectivity index (χ3n) is 4.62. The number of hydrogen-bond donors (Lipinski definition) is 3. The Morgan fingerprint density at radius 2 is 1.55 bits per heavy atom. The number of rotatable bonds is 4. The normalized spacial score (nSPS) is 14.2. The molecule has 0 radical (unpaired) electrons. The second-order valence-electron chi connectivity index (χ2n) is 6.86. The summed E-state index contributed by atoms with van der Waals surface area (Å²) in [7, 11) is -4.67. The van der Waals surface area contributed by atoms with Crippen LogP contribution in [-0.2, 0) is 16.6 Å². The first-order valence-electron chi connectivity index (χ1n) is 9.15. The molecule has 5 nitrogen and oxygen atoms in total. The lowest BCUT2D eigenvalue weighted by Gasteiger charge is -2.19. The van der Waals surface area contributed by atoms with Crippen molar-refractivity contribution in [3.8, 4) is 0 Å². The van der Waals surface area contributed by atoms with Gasteiger partial charge >= 0.3 is 16.6 Å². The van der Waals surface area contributed by atoms with Gasteiger partial charge in [0.1, 0.15) is 0 Å². The second kappa shape index (κ2) is 10.1. The Hall–Kier alpha value is -2.72. The molecule has 0 amide bonds. The van der Waals surface area contributed by atoms with E-state index in [1.54, 1.807) is 18.2 Å². The summed E-state index contributed by atoms with van der Waals surface area (Å²) >= 11 is 0. The number of nitrogens with two attached hydrogens (primary N) is 1. The van der Waals surface area contributed by atoms with E-state index in [2.05, 4.69) is 18.2 Å². The van der Waals surface area contributed by atoms with E-state index in [0.717, 1.165) is 28.5 Å². The molecule has 0 bridgehead atoms. The standard InChI is InChI=1S/C22H20F3N.H2O4S/c1-15(19-11-5-8-17-7-2-3-10-20(17)19)21(26)13-12-16-6-4-9-18(14-16)22(23,24)25;1-5(2,3)4/h2-15,21H,26H2,1H3;(H2,1,2,3,4). The third-order valence-corrected chi connectivity index (χ3v) is 4.62. The zero-order valence-electron chi connectivity index (χ0n) is 16.5. The van der Waals surface area contributed by atoms with E-state index in [0.29, 0.717) is 5.56 Å². The van der Waals surface area contributed by atoms with Gasteiger partial charge in [-0.15, -0.1) is 0 Å². The summed E-state index contributed by atoms with van der Waals surface area (Å²) in [5.74, 6) is 0.0307. The molecule has 31 heavy (non-hydrogen) atoms. The van der Waals surface area contributed by atoms with Crippen LogP contribution < -0.4 is 5.73 Å². The van der Waals surface area contributed by atoms with E-state index in [1.165, 1.54) is 6.07 Å². The van der Waals surface area contributed by atoms with E-state index in [-0.39, 0.29) is 12.0 Å². The smallest absolute Gasteiger partial charge is 0.324 e. The van der Waals surface area contributed by atoms with Crippen LogP contribution in [0.3, 0.4) is 0 Å². The molecule has 0 fully saturated rings. The molecule has 0 aliphatic rings. The van der Waals surface area contributed by atoms with Crippen molar-refractivity contribution in [2.24, 2.45) is 5.73 Å². The summed E-state index contributed by atoms with van der Waals surface area (Å²) in [5, 5.41) is 2.29. The number of hydrogen-bond acceptors (Lipinski definition) is 3. The van der Waals surface area contributed by atoms with Crippen molar-refractivity contribution in [2.45, 2.75) is 25.1 Å². The molecule has 0 heterocycles. The molecule has 2 unspecified atom stereocenters. The first kappa shape index (κ1) is 24.5. The quantitative estimate of drug-likeness (QED) is 0.463. The van der Waals surface area contributed by atoms with E-state index in [9.17, 15) is 13.2 Å². The van der Waals surface area contributed by atoms with E-state index in [1.807, 2.05) is 31.2 Å². The number of fused-ring (bicyclic) bond motifs is 1. The Labute approximate surface area is 178 Å². The fraction of sp³-hybridized carbons (Fsp3) is 0.182. The van der Waals surface area contributed by atoms with Crippen molar-refractivity contribution in [1.29, 1.82) is 0 Å². The van der Waals surface area contributed by atoms with Crippen LogP contribution in [0.5, 0.6) is 0 Å². The SMILES string of the molecule is CC(c1cccc2ccccc12)C(N)C=Cc1cccc(C(F)(F)F)c1.O=S(=O)(O)O. The minimum Gasteiger partial charge on any atom is -0.324 e. The van der Waals surface area contributed by atoms with Crippen molar-refractivity contribution < 1.29 is 30.7 Å². The van der Waals surface area contributed by atoms with Crippen molar-refractivity contribution in [2.75, 3.05) is 0 Å².